The highest BCUT2D eigenvalue weighted by atomic mass is 16.1. The molecule has 7 nitrogen and oxygen atoms in total. The van der Waals surface area contributed by atoms with Crippen molar-refractivity contribution in [2.45, 2.75) is 26.2 Å². The minimum atomic E-state index is 0.182. The summed E-state index contributed by atoms with van der Waals surface area (Å²) < 4.78 is 0. The van der Waals surface area contributed by atoms with Crippen molar-refractivity contribution in [2.75, 3.05) is 9.80 Å². The van der Waals surface area contributed by atoms with Gasteiger partial charge in [0, 0.05) is 69.6 Å². The van der Waals surface area contributed by atoms with E-state index in [1.165, 1.54) is 0 Å². The molecule has 0 spiro atoms. The Morgan fingerprint density at radius 3 is 1.27 bits per heavy atom. The Morgan fingerprint density at radius 1 is 0.475 bits per heavy atom. The van der Waals surface area contributed by atoms with Gasteiger partial charge in [-0.3, -0.25) is 9.78 Å². The molecule has 0 N–H and O–H groups in total. The lowest BCUT2D eigenvalue weighted by Gasteiger charge is -2.26. The number of carbonyl (C=O) groups is 1. The quantitative estimate of drug-likeness (QED) is 0.109. The molecule has 0 aliphatic heterocycles. The lowest BCUT2D eigenvalue weighted by atomic mass is 9.97. The molecule has 0 saturated heterocycles. The van der Waals surface area contributed by atoms with Crippen molar-refractivity contribution in [3.05, 3.63) is 206 Å². The van der Waals surface area contributed by atoms with Gasteiger partial charge >= 0.3 is 0 Å². The average Bonchev–Trinajstić information content (AvgIpc) is 3.76. The van der Waals surface area contributed by atoms with Crippen molar-refractivity contribution in [3.63, 3.8) is 0 Å². The Hall–Kier alpha value is -7.64. The summed E-state index contributed by atoms with van der Waals surface area (Å²) >= 11 is 0. The number of para-hydroxylation sites is 3. The van der Waals surface area contributed by atoms with E-state index in [0.717, 1.165) is 91.5 Å². The minimum Gasteiger partial charge on any atom is -0.311 e. The molecule has 9 rings (SSSR count). The third kappa shape index (κ3) is 7.74. The molecule has 59 heavy (non-hydrogen) atoms. The van der Waals surface area contributed by atoms with Gasteiger partial charge in [-0.2, -0.15) is 4.80 Å². The van der Waals surface area contributed by atoms with Crippen LogP contribution < -0.4 is 9.80 Å². The van der Waals surface area contributed by atoms with Crippen LogP contribution in [0.25, 0.3) is 39.0 Å². The van der Waals surface area contributed by atoms with E-state index in [-0.39, 0.29) is 5.78 Å². The van der Waals surface area contributed by atoms with Gasteiger partial charge in [0.2, 0.25) is 0 Å². The van der Waals surface area contributed by atoms with Crippen molar-refractivity contribution in [1.82, 2.24) is 20.0 Å². The molecule has 0 amide bonds. The van der Waals surface area contributed by atoms with E-state index in [9.17, 15) is 4.79 Å². The van der Waals surface area contributed by atoms with E-state index in [1.54, 1.807) is 17.2 Å². The topological polar surface area (TPSA) is 67.2 Å². The average molecular weight is 767 g/mol. The SMILES string of the molecule is CCCCC(=O)c1ccc(N(c2ccccc2)c2ccc(-c3ccc(-c4ccc(N(c5ccccc5)c5ccccc5)cc4)c4nn(-c5ccncc5)nc34)cc2)cc1. The number of Topliss-reactive ketones (excluding diaryl/α,β-unsaturated/α-hetero) is 1. The Labute approximate surface area is 344 Å². The van der Waals surface area contributed by atoms with Crippen LogP contribution in [0.3, 0.4) is 0 Å². The van der Waals surface area contributed by atoms with Gasteiger partial charge in [-0.05, 0) is 115 Å². The lowest BCUT2D eigenvalue weighted by molar-refractivity contribution is 0.0980. The Balaban J connectivity index is 1.09. The summed E-state index contributed by atoms with van der Waals surface area (Å²) in [5, 5.41) is 10.2. The zero-order chi connectivity index (χ0) is 40.0. The fourth-order valence-corrected chi connectivity index (χ4v) is 7.54. The van der Waals surface area contributed by atoms with Crippen molar-refractivity contribution >= 4 is 50.9 Å². The van der Waals surface area contributed by atoms with Gasteiger partial charge < -0.3 is 9.80 Å². The molecule has 7 heteroatoms. The zero-order valence-electron chi connectivity index (χ0n) is 32.8. The molecule has 2 heterocycles. The van der Waals surface area contributed by atoms with Crippen LogP contribution >= 0.6 is 0 Å². The Morgan fingerprint density at radius 2 is 0.864 bits per heavy atom. The maximum atomic E-state index is 12.8. The lowest BCUT2D eigenvalue weighted by Crippen LogP contribution is -2.10. The molecule has 0 aliphatic rings. The highest BCUT2D eigenvalue weighted by Crippen LogP contribution is 2.40. The number of nitrogens with zero attached hydrogens (tertiary/aromatic N) is 6. The molecule has 286 valence electrons. The summed E-state index contributed by atoms with van der Waals surface area (Å²) in [5.41, 5.74) is 13.4. The molecule has 0 aliphatic carbocycles. The predicted octanol–water partition coefficient (Wildman–Crippen LogP) is 13.5. The number of ketones is 1. The standard InChI is InChI=1S/C52H42N6O/c1-2-3-19-50(59)40-24-30-46(31-25-40)57(43-17-11-6-12-18-43)45-28-22-39(23-29-45)49-33-32-48(51-52(49)55-58(54-51)47-34-36-53-37-35-47)38-20-26-44(27-21-38)56(41-13-7-4-8-14-41)42-15-9-5-10-16-42/h4-18,20-37H,2-3,19H2,1H3. The molecule has 0 radical (unpaired) electrons. The second-order valence-corrected chi connectivity index (χ2v) is 14.4. The summed E-state index contributed by atoms with van der Waals surface area (Å²) in [6, 6.07) is 64.4. The van der Waals surface area contributed by atoms with Gasteiger partial charge in [0.05, 0.1) is 5.69 Å². The van der Waals surface area contributed by atoms with E-state index in [1.807, 2.05) is 66.7 Å². The summed E-state index contributed by atoms with van der Waals surface area (Å²) in [4.78, 5) is 23.2. The maximum Gasteiger partial charge on any atom is 0.162 e. The number of aromatic nitrogens is 4. The number of hydrogen-bond acceptors (Lipinski definition) is 6. The first kappa shape index (κ1) is 37.0. The van der Waals surface area contributed by atoms with E-state index >= 15 is 0 Å². The summed E-state index contributed by atoms with van der Waals surface area (Å²) in [7, 11) is 0. The van der Waals surface area contributed by atoms with Gasteiger partial charge in [0.15, 0.2) is 5.78 Å². The van der Waals surface area contributed by atoms with Gasteiger partial charge in [0.1, 0.15) is 11.0 Å². The molecular formula is C52H42N6O. The first-order chi connectivity index (χ1) is 29.1. The van der Waals surface area contributed by atoms with Crippen LogP contribution in [0, 0.1) is 0 Å². The molecule has 7 aromatic carbocycles. The van der Waals surface area contributed by atoms with Crippen LogP contribution in [-0.2, 0) is 0 Å². The Bertz CT molecular complexity index is 2750. The highest BCUT2D eigenvalue weighted by Gasteiger charge is 2.19. The van der Waals surface area contributed by atoms with Crippen molar-refractivity contribution in [3.8, 4) is 27.9 Å². The number of rotatable bonds is 13. The summed E-state index contributed by atoms with van der Waals surface area (Å²) in [6.07, 6.45) is 5.97. The van der Waals surface area contributed by atoms with Gasteiger partial charge in [-0.25, -0.2) is 0 Å². The van der Waals surface area contributed by atoms with Crippen LogP contribution in [0.15, 0.2) is 200 Å². The molecule has 0 atom stereocenters. The highest BCUT2D eigenvalue weighted by molar-refractivity contribution is 6.01. The van der Waals surface area contributed by atoms with Crippen LogP contribution in [0.2, 0.25) is 0 Å². The van der Waals surface area contributed by atoms with E-state index < -0.39 is 0 Å². The Kier molecular flexibility index (Phi) is 10.6. The number of unbranched alkanes of at least 4 members (excludes halogenated alkanes) is 1. The molecule has 0 bridgehead atoms. The molecular weight excluding hydrogens is 725 g/mol. The van der Waals surface area contributed by atoms with Gasteiger partial charge in [-0.15, -0.1) is 10.2 Å². The fraction of sp³-hybridized carbons (Fsp3) is 0.0769. The van der Waals surface area contributed by atoms with Crippen molar-refractivity contribution in [2.24, 2.45) is 0 Å². The normalized spacial score (nSPS) is 11.1. The van der Waals surface area contributed by atoms with Crippen molar-refractivity contribution in [1.29, 1.82) is 0 Å². The smallest absolute Gasteiger partial charge is 0.162 e. The van der Waals surface area contributed by atoms with E-state index in [2.05, 4.69) is 143 Å². The maximum absolute atomic E-state index is 12.8. The largest absolute Gasteiger partial charge is 0.311 e. The van der Waals surface area contributed by atoms with Crippen LogP contribution in [0.1, 0.15) is 36.5 Å². The van der Waals surface area contributed by atoms with E-state index in [4.69, 9.17) is 10.2 Å². The van der Waals surface area contributed by atoms with Gasteiger partial charge in [-0.1, -0.05) is 104 Å². The number of hydrogen-bond donors (Lipinski definition) is 0. The monoisotopic (exact) mass is 766 g/mol. The number of anilines is 6. The number of benzene rings is 7. The number of fused-ring (bicyclic) bond motifs is 1. The number of pyridine rings is 1. The molecule has 0 saturated carbocycles. The molecule has 0 unspecified atom stereocenters. The first-order valence-corrected chi connectivity index (χ1v) is 20.0. The minimum absolute atomic E-state index is 0.182. The molecule has 9 aromatic rings. The summed E-state index contributed by atoms with van der Waals surface area (Å²) in [5.74, 6) is 0.182. The number of carbonyl (C=O) groups excluding carboxylic acids is 1. The summed E-state index contributed by atoms with van der Waals surface area (Å²) in [6.45, 7) is 2.11. The van der Waals surface area contributed by atoms with Crippen LogP contribution in [0.5, 0.6) is 0 Å². The third-order valence-corrected chi connectivity index (χ3v) is 10.6. The molecule has 0 fully saturated rings. The zero-order valence-corrected chi connectivity index (χ0v) is 32.8. The van der Waals surface area contributed by atoms with Crippen LogP contribution in [0.4, 0.5) is 34.1 Å². The van der Waals surface area contributed by atoms with Crippen LogP contribution in [-0.4, -0.2) is 25.8 Å². The fourth-order valence-electron chi connectivity index (χ4n) is 7.54. The van der Waals surface area contributed by atoms with Crippen molar-refractivity contribution < 1.29 is 4.79 Å². The van der Waals surface area contributed by atoms with Gasteiger partial charge in [0.25, 0.3) is 0 Å². The molecule has 2 aromatic heterocycles. The predicted molar refractivity (Wildman–Crippen MR) is 241 cm³/mol. The second kappa shape index (κ2) is 16.8. The first-order valence-electron chi connectivity index (χ1n) is 20.0. The second-order valence-electron chi connectivity index (χ2n) is 14.4. The third-order valence-electron chi connectivity index (χ3n) is 10.6. The van der Waals surface area contributed by atoms with E-state index in [0.29, 0.717) is 6.42 Å².